The number of aromatic nitrogens is 2. The highest BCUT2D eigenvalue weighted by molar-refractivity contribution is 5.80. The van der Waals surface area contributed by atoms with Crippen molar-refractivity contribution in [2.24, 2.45) is 0 Å². The zero-order valence-corrected chi connectivity index (χ0v) is 10.6. The van der Waals surface area contributed by atoms with Gasteiger partial charge in [-0.1, -0.05) is 6.92 Å². The Morgan fingerprint density at radius 1 is 1.67 bits per heavy atom. The highest BCUT2D eigenvalue weighted by atomic mass is 16.5. The fraction of sp³-hybridized carbons (Fsp3) is 0.583. The molecular weight excluding hydrogens is 234 g/mol. The second kappa shape index (κ2) is 5.20. The summed E-state index contributed by atoms with van der Waals surface area (Å²) in [7, 11) is 1.38. The molecule has 18 heavy (non-hydrogen) atoms. The number of carbonyl (C=O) groups excluding carboxylic acids is 1. The maximum atomic E-state index is 11.7. The summed E-state index contributed by atoms with van der Waals surface area (Å²) in [4.78, 5) is 32.1. The van der Waals surface area contributed by atoms with Crippen LogP contribution in [0, 0.1) is 0 Å². The van der Waals surface area contributed by atoms with Crippen LogP contribution < -0.4 is 10.5 Å². The van der Waals surface area contributed by atoms with Gasteiger partial charge in [0.05, 0.1) is 7.11 Å². The van der Waals surface area contributed by atoms with Crippen LogP contribution in [0.5, 0.6) is 0 Å². The number of carbonyl (C=O) groups is 1. The lowest BCUT2D eigenvalue weighted by atomic mass is 10.2. The monoisotopic (exact) mass is 251 g/mol. The van der Waals surface area contributed by atoms with Crippen LogP contribution in [0.25, 0.3) is 0 Å². The SMILES string of the molecule is CCc1nc(N2CCCC2C(=O)OC)cc(=O)[nH]1. The second-order valence-corrected chi connectivity index (χ2v) is 4.28. The van der Waals surface area contributed by atoms with Crippen molar-refractivity contribution < 1.29 is 9.53 Å². The molecule has 0 spiro atoms. The molecule has 1 saturated heterocycles. The first-order valence-corrected chi connectivity index (χ1v) is 6.10. The van der Waals surface area contributed by atoms with Crippen LogP contribution in [0.2, 0.25) is 0 Å². The number of methoxy groups -OCH3 is 1. The lowest BCUT2D eigenvalue weighted by Gasteiger charge is -2.23. The van der Waals surface area contributed by atoms with Crippen LogP contribution in [-0.4, -0.2) is 35.6 Å². The van der Waals surface area contributed by atoms with Crippen molar-refractivity contribution in [3.63, 3.8) is 0 Å². The quantitative estimate of drug-likeness (QED) is 0.790. The minimum atomic E-state index is -0.325. The number of aromatic amines is 1. The first-order valence-electron chi connectivity index (χ1n) is 6.10. The van der Waals surface area contributed by atoms with Crippen molar-refractivity contribution in [3.8, 4) is 0 Å². The van der Waals surface area contributed by atoms with E-state index in [4.69, 9.17) is 4.74 Å². The predicted molar refractivity (Wildman–Crippen MR) is 66.6 cm³/mol. The van der Waals surface area contributed by atoms with Crippen molar-refractivity contribution in [3.05, 3.63) is 22.2 Å². The van der Waals surface area contributed by atoms with Gasteiger partial charge < -0.3 is 14.6 Å². The lowest BCUT2D eigenvalue weighted by Crippen LogP contribution is -2.38. The molecule has 0 saturated carbocycles. The molecule has 1 unspecified atom stereocenters. The Kier molecular flexibility index (Phi) is 3.64. The van der Waals surface area contributed by atoms with Crippen LogP contribution in [0.1, 0.15) is 25.6 Å². The van der Waals surface area contributed by atoms with Gasteiger partial charge in [0.2, 0.25) is 0 Å². The number of hydrogen-bond acceptors (Lipinski definition) is 5. The Hall–Kier alpha value is -1.85. The Bertz CT molecular complexity index is 498. The number of aryl methyl sites for hydroxylation is 1. The summed E-state index contributed by atoms with van der Waals surface area (Å²) in [6, 6.07) is 1.11. The number of esters is 1. The maximum absolute atomic E-state index is 11.7. The zero-order valence-electron chi connectivity index (χ0n) is 10.6. The molecule has 1 N–H and O–H groups in total. The van der Waals surface area contributed by atoms with E-state index < -0.39 is 0 Å². The lowest BCUT2D eigenvalue weighted by molar-refractivity contribution is -0.141. The fourth-order valence-electron chi connectivity index (χ4n) is 2.23. The number of H-pyrrole nitrogens is 1. The van der Waals surface area contributed by atoms with E-state index in [-0.39, 0.29) is 17.6 Å². The molecule has 0 aromatic carbocycles. The van der Waals surface area contributed by atoms with Gasteiger partial charge in [-0.05, 0) is 12.8 Å². The molecule has 1 aliphatic heterocycles. The van der Waals surface area contributed by atoms with Crippen LogP contribution in [0.3, 0.4) is 0 Å². The molecule has 1 aromatic rings. The molecule has 2 rings (SSSR count). The van der Waals surface area contributed by atoms with Gasteiger partial charge in [-0.3, -0.25) is 4.79 Å². The molecule has 98 valence electrons. The number of hydrogen-bond donors (Lipinski definition) is 1. The zero-order chi connectivity index (χ0) is 13.1. The van der Waals surface area contributed by atoms with Gasteiger partial charge in [0.25, 0.3) is 5.56 Å². The summed E-state index contributed by atoms with van der Waals surface area (Å²) in [5.74, 6) is 0.921. The molecule has 0 aliphatic carbocycles. The highest BCUT2D eigenvalue weighted by Crippen LogP contribution is 2.23. The van der Waals surface area contributed by atoms with E-state index in [1.807, 2.05) is 11.8 Å². The van der Waals surface area contributed by atoms with E-state index in [2.05, 4.69) is 9.97 Å². The van der Waals surface area contributed by atoms with Crippen LogP contribution in [0.4, 0.5) is 5.82 Å². The van der Waals surface area contributed by atoms with Gasteiger partial charge in [-0.2, -0.15) is 0 Å². The van der Waals surface area contributed by atoms with E-state index >= 15 is 0 Å². The molecule has 6 heteroatoms. The van der Waals surface area contributed by atoms with Crippen molar-refractivity contribution in [1.82, 2.24) is 9.97 Å². The number of anilines is 1. The summed E-state index contributed by atoms with van der Waals surface area (Å²) in [6.45, 7) is 2.64. The Labute approximate surface area is 105 Å². The molecule has 1 aliphatic rings. The minimum absolute atomic E-state index is 0.188. The van der Waals surface area contributed by atoms with Gasteiger partial charge >= 0.3 is 5.97 Å². The molecule has 0 bridgehead atoms. The largest absolute Gasteiger partial charge is 0.467 e. The Morgan fingerprint density at radius 2 is 2.44 bits per heavy atom. The van der Waals surface area contributed by atoms with Crippen LogP contribution in [-0.2, 0) is 16.0 Å². The number of nitrogens with zero attached hydrogens (tertiary/aromatic N) is 2. The third kappa shape index (κ3) is 2.37. The number of ether oxygens (including phenoxy) is 1. The standard InChI is InChI=1S/C12H17N3O3/c1-3-9-13-10(7-11(16)14-9)15-6-4-5-8(15)12(17)18-2/h7-8H,3-6H2,1-2H3,(H,13,14,16). The van der Waals surface area contributed by atoms with Gasteiger partial charge in [0.1, 0.15) is 17.7 Å². The topological polar surface area (TPSA) is 75.3 Å². The van der Waals surface area contributed by atoms with Crippen molar-refractivity contribution in [2.75, 3.05) is 18.6 Å². The van der Waals surface area contributed by atoms with Crippen LogP contribution in [0.15, 0.2) is 10.9 Å². The number of rotatable bonds is 3. The Morgan fingerprint density at radius 3 is 3.11 bits per heavy atom. The first kappa shape index (κ1) is 12.6. The molecule has 2 heterocycles. The van der Waals surface area contributed by atoms with Gasteiger partial charge in [0, 0.05) is 19.0 Å². The molecule has 1 fully saturated rings. The van der Waals surface area contributed by atoms with Gasteiger partial charge in [-0.25, -0.2) is 9.78 Å². The molecule has 1 atom stereocenters. The van der Waals surface area contributed by atoms with E-state index in [1.165, 1.54) is 13.2 Å². The van der Waals surface area contributed by atoms with E-state index in [0.717, 1.165) is 19.4 Å². The summed E-state index contributed by atoms with van der Waals surface area (Å²) in [5.41, 5.74) is -0.188. The normalized spacial score (nSPS) is 19.0. The molecule has 0 amide bonds. The van der Waals surface area contributed by atoms with Crippen molar-refractivity contribution >= 4 is 11.8 Å². The van der Waals surface area contributed by atoms with E-state index in [0.29, 0.717) is 18.1 Å². The van der Waals surface area contributed by atoms with Gasteiger partial charge in [-0.15, -0.1) is 0 Å². The second-order valence-electron chi connectivity index (χ2n) is 4.28. The summed E-state index contributed by atoms with van der Waals surface area (Å²) < 4.78 is 4.78. The van der Waals surface area contributed by atoms with Crippen LogP contribution >= 0.6 is 0 Å². The average Bonchev–Trinajstić information content (AvgIpc) is 2.86. The summed E-state index contributed by atoms with van der Waals surface area (Å²) in [5, 5.41) is 0. The molecule has 6 nitrogen and oxygen atoms in total. The predicted octanol–water partition coefficient (Wildman–Crippen LogP) is 0.474. The van der Waals surface area contributed by atoms with Crippen molar-refractivity contribution in [2.45, 2.75) is 32.2 Å². The Balaban J connectivity index is 2.32. The molecule has 0 radical (unpaired) electrons. The van der Waals surface area contributed by atoms with Crippen molar-refractivity contribution in [1.29, 1.82) is 0 Å². The van der Waals surface area contributed by atoms with E-state index in [1.54, 1.807) is 0 Å². The molecular formula is C12H17N3O3. The fourth-order valence-corrected chi connectivity index (χ4v) is 2.23. The average molecular weight is 251 g/mol. The maximum Gasteiger partial charge on any atom is 0.328 e. The highest BCUT2D eigenvalue weighted by Gasteiger charge is 2.32. The number of nitrogens with one attached hydrogen (secondary N) is 1. The smallest absolute Gasteiger partial charge is 0.328 e. The molecule has 1 aromatic heterocycles. The van der Waals surface area contributed by atoms with E-state index in [9.17, 15) is 9.59 Å². The summed E-state index contributed by atoms with van der Waals surface area (Å²) >= 11 is 0. The minimum Gasteiger partial charge on any atom is -0.467 e. The van der Waals surface area contributed by atoms with Gasteiger partial charge in [0.15, 0.2) is 0 Å². The first-order chi connectivity index (χ1) is 8.65. The third-order valence-electron chi connectivity index (χ3n) is 3.13. The summed E-state index contributed by atoms with van der Waals surface area (Å²) in [6.07, 6.45) is 2.29. The third-order valence-corrected chi connectivity index (χ3v) is 3.13.